The van der Waals surface area contributed by atoms with Crippen molar-refractivity contribution in [3.63, 3.8) is 0 Å². The Bertz CT molecular complexity index is 1720. The zero-order valence-electron chi connectivity index (χ0n) is 37.5. The van der Waals surface area contributed by atoms with Gasteiger partial charge in [0.25, 0.3) is 8.32 Å². The van der Waals surface area contributed by atoms with Gasteiger partial charge in [0, 0.05) is 31.3 Å². The van der Waals surface area contributed by atoms with E-state index in [-0.39, 0.29) is 41.5 Å². The molecular weight excluding hydrogens is 745 g/mol. The second-order valence-electron chi connectivity index (χ2n) is 18.5. The predicted octanol–water partition coefficient (Wildman–Crippen LogP) is 11.4. The molecule has 0 amide bonds. The minimum Gasteiger partial charge on any atom is -0.455 e. The molecule has 320 valence electrons. The van der Waals surface area contributed by atoms with E-state index in [9.17, 15) is 4.79 Å². The van der Waals surface area contributed by atoms with E-state index in [1.165, 1.54) is 42.5 Å². The molecule has 5 nitrogen and oxygen atoms in total. The van der Waals surface area contributed by atoms with Crippen molar-refractivity contribution in [1.82, 2.24) is 0 Å². The van der Waals surface area contributed by atoms with Crippen LogP contribution in [0.4, 0.5) is 0 Å². The maximum Gasteiger partial charge on any atom is 0.334 e. The van der Waals surface area contributed by atoms with Crippen LogP contribution in [0.25, 0.3) is 0 Å². The quantitative estimate of drug-likeness (QED) is 0.0576. The summed E-state index contributed by atoms with van der Waals surface area (Å²) in [5, 5.41) is 2.33. The average Bonchev–Trinajstić information content (AvgIpc) is 3.99. The van der Waals surface area contributed by atoms with Gasteiger partial charge in [-0.3, -0.25) is 0 Å². The van der Waals surface area contributed by atoms with E-state index in [0.29, 0.717) is 24.4 Å². The van der Waals surface area contributed by atoms with Crippen LogP contribution < -0.4 is 10.4 Å². The Kier molecular flexibility index (Phi) is 18.6. The van der Waals surface area contributed by atoms with E-state index >= 15 is 0 Å². The molecular formula is C53H74O5Si. The van der Waals surface area contributed by atoms with Gasteiger partial charge in [-0.05, 0) is 97.7 Å². The summed E-state index contributed by atoms with van der Waals surface area (Å²) in [4.78, 5) is 12.8. The number of ether oxygens (including phenoxy) is 3. The average molecular weight is 819 g/mol. The fraction of sp³-hybridized carbons (Fsp3) is 0.604. The van der Waals surface area contributed by atoms with Crippen LogP contribution in [0.2, 0.25) is 5.04 Å². The number of carbonyl (C=O) groups is 1. The molecule has 0 aromatic heterocycles. The number of rotatable bonds is 20. The Hall–Kier alpha value is -3.39. The summed E-state index contributed by atoms with van der Waals surface area (Å²) in [6.45, 7) is 15.7. The van der Waals surface area contributed by atoms with Crippen molar-refractivity contribution < 1.29 is 23.4 Å². The third kappa shape index (κ3) is 13.6. The van der Waals surface area contributed by atoms with Crippen molar-refractivity contribution in [1.29, 1.82) is 0 Å². The first-order valence-corrected chi connectivity index (χ1v) is 25.0. The maximum atomic E-state index is 12.8. The summed E-state index contributed by atoms with van der Waals surface area (Å²) in [6, 6.07) is 21.5. The molecule has 0 saturated carbocycles. The molecule has 2 aromatic carbocycles. The highest BCUT2D eigenvalue weighted by molar-refractivity contribution is 6.99. The Morgan fingerprint density at radius 2 is 1.39 bits per heavy atom. The summed E-state index contributed by atoms with van der Waals surface area (Å²) in [5.74, 6) is 14.2. The first kappa shape index (κ1) is 46.7. The van der Waals surface area contributed by atoms with E-state index in [0.717, 1.165) is 69.8 Å². The van der Waals surface area contributed by atoms with Gasteiger partial charge in [-0.15, -0.1) is 11.8 Å². The number of allylic oxidation sites excluding steroid dienone is 2. The van der Waals surface area contributed by atoms with Crippen LogP contribution >= 0.6 is 0 Å². The third-order valence-electron chi connectivity index (χ3n) is 12.6. The fourth-order valence-corrected chi connectivity index (χ4v) is 13.9. The summed E-state index contributed by atoms with van der Waals surface area (Å²) in [6.07, 6.45) is 23.6. The topological polar surface area (TPSA) is 54.0 Å². The molecule has 3 heterocycles. The Morgan fingerprint density at radius 3 is 1.95 bits per heavy atom. The highest BCUT2D eigenvalue weighted by Gasteiger charge is 2.51. The molecule has 59 heavy (non-hydrogen) atoms. The minimum atomic E-state index is -2.80. The number of carbonyl (C=O) groups excluding carboxylic acids is 1. The summed E-state index contributed by atoms with van der Waals surface area (Å²) >= 11 is 0. The van der Waals surface area contributed by atoms with Crippen LogP contribution in [-0.4, -0.2) is 50.9 Å². The molecule has 3 aliphatic heterocycles. The highest BCUT2D eigenvalue weighted by atomic mass is 28.4. The lowest BCUT2D eigenvalue weighted by Crippen LogP contribution is -2.67. The van der Waals surface area contributed by atoms with Gasteiger partial charge in [-0.2, -0.15) is 0 Å². The van der Waals surface area contributed by atoms with Gasteiger partial charge in [0.05, 0.1) is 30.5 Å². The normalized spacial score (nSPS) is 23.5. The monoisotopic (exact) mass is 819 g/mol. The van der Waals surface area contributed by atoms with Gasteiger partial charge in [-0.25, -0.2) is 4.79 Å². The Balaban J connectivity index is 1.09. The predicted molar refractivity (Wildman–Crippen MR) is 246 cm³/mol. The molecule has 6 heteroatoms. The van der Waals surface area contributed by atoms with Crippen molar-refractivity contribution >= 4 is 24.7 Å². The number of unbranched alkanes of at least 4 members (excludes halogenated alkanes) is 6. The largest absolute Gasteiger partial charge is 0.455 e. The number of hydrogen-bond acceptors (Lipinski definition) is 5. The fourth-order valence-electron chi connectivity index (χ4n) is 9.22. The molecule has 2 saturated heterocycles. The van der Waals surface area contributed by atoms with Gasteiger partial charge in [0.1, 0.15) is 6.10 Å². The van der Waals surface area contributed by atoms with Crippen LogP contribution in [-0.2, 0) is 23.4 Å². The first-order valence-electron chi connectivity index (χ1n) is 23.1. The van der Waals surface area contributed by atoms with E-state index in [1.54, 1.807) is 0 Å². The van der Waals surface area contributed by atoms with Crippen molar-refractivity contribution in [3.05, 3.63) is 84.5 Å². The van der Waals surface area contributed by atoms with Crippen molar-refractivity contribution in [2.75, 3.05) is 0 Å². The minimum absolute atomic E-state index is 0.140. The molecule has 0 aliphatic carbocycles. The third-order valence-corrected chi connectivity index (χ3v) is 17.7. The van der Waals surface area contributed by atoms with Gasteiger partial charge < -0.3 is 18.6 Å². The molecule has 0 N–H and O–H groups in total. The number of benzene rings is 2. The van der Waals surface area contributed by atoms with Gasteiger partial charge in [0.15, 0.2) is 0 Å². The summed E-state index contributed by atoms with van der Waals surface area (Å²) < 4.78 is 26.3. The van der Waals surface area contributed by atoms with Crippen molar-refractivity contribution in [3.8, 4) is 23.7 Å². The molecule has 3 aliphatic rings. The molecule has 0 unspecified atom stereocenters. The number of esters is 1. The van der Waals surface area contributed by atoms with Gasteiger partial charge >= 0.3 is 5.97 Å². The van der Waals surface area contributed by atoms with E-state index in [4.69, 9.17) is 18.6 Å². The van der Waals surface area contributed by atoms with Crippen LogP contribution in [0.5, 0.6) is 0 Å². The van der Waals surface area contributed by atoms with Crippen molar-refractivity contribution in [2.24, 2.45) is 11.8 Å². The molecule has 8 atom stereocenters. The molecule has 2 fully saturated rings. The smallest absolute Gasteiger partial charge is 0.334 e. The maximum absolute atomic E-state index is 12.8. The zero-order chi connectivity index (χ0) is 42.1. The van der Waals surface area contributed by atoms with Crippen LogP contribution in [0.1, 0.15) is 151 Å². The molecule has 0 radical (unpaired) electrons. The molecule has 0 bridgehead atoms. The van der Waals surface area contributed by atoms with Crippen molar-refractivity contribution in [2.45, 2.75) is 193 Å². The van der Waals surface area contributed by atoms with Crippen LogP contribution in [0, 0.1) is 35.5 Å². The molecule has 5 rings (SSSR count). The van der Waals surface area contributed by atoms with E-state index < -0.39 is 8.32 Å². The summed E-state index contributed by atoms with van der Waals surface area (Å²) in [7, 11) is -2.80. The molecule has 2 aromatic rings. The van der Waals surface area contributed by atoms with E-state index in [1.807, 2.05) is 19.1 Å². The van der Waals surface area contributed by atoms with Gasteiger partial charge in [-0.1, -0.05) is 146 Å². The lowest BCUT2D eigenvalue weighted by atomic mass is 9.97. The SMILES string of the molecule is CCCCCCCC#CC[C@@H](C)[C@H]1CC[C@H]([C@H]2CC[C@H]([C@H](C)CC#C/C=C/CCC[C@H](CC3=C[C@H](C)OC3=O)O[Si](c3ccccc3)(c3ccccc3)C(C)(C)C)O2)O1. The number of hydrogen-bond donors (Lipinski definition) is 0. The van der Waals surface area contributed by atoms with Crippen LogP contribution in [0.3, 0.4) is 0 Å². The van der Waals surface area contributed by atoms with Crippen LogP contribution in [0.15, 0.2) is 84.5 Å². The Morgan fingerprint density at radius 1 is 0.797 bits per heavy atom. The second kappa shape index (κ2) is 23.6. The molecule has 0 spiro atoms. The highest BCUT2D eigenvalue weighted by Crippen LogP contribution is 2.40. The number of cyclic esters (lactones) is 1. The lowest BCUT2D eigenvalue weighted by Gasteiger charge is -2.45. The second-order valence-corrected chi connectivity index (χ2v) is 22.8. The zero-order valence-corrected chi connectivity index (χ0v) is 38.5. The standard InChI is InChI=1S/C53H74O5Si/c1-8-9-10-11-12-13-16-21-28-41(2)48-35-37-50(56-48)51-38-36-49(57-51)42(3)29-22-17-14-15-18-23-30-45(40-44-39-43(4)55-52(44)54)58-59(53(5,6)7,46-31-24-19-25-32-46)47-33-26-20-27-34-47/h14-15,19-20,24-27,31-34,39,41-43,45,48-51H,8-13,18,23,28-30,35-38,40H2,1-7H3/b15-14+/t41-,42-,43+,45-,48-,49-,50-,51-/m1/s1. The lowest BCUT2D eigenvalue weighted by molar-refractivity contribution is -0.139. The van der Waals surface area contributed by atoms with E-state index in [2.05, 4.69) is 132 Å². The van der Waals surface area contributed by atoms with Gasteiger partial charge in [0.2, 0.25) is 0 Å². The Labute approximate surface area is 359 Å². The summed E-state index contributed by atoms with van der Waals surface area (Å²) in [5.41, 5.74) is 0.725. The first-order chi connectivity index (χ1) is 28.5.